The molecule has 0 unspecified atom stereocenters. The van der Waals surface area contributed by atoms with Crippen LogP contribution in [-0.2, 0) is 24.9 Å². The zero-order chi connectivity index (χ0) is 18.0. The summed E-state index contributed by atoms with van der Waals surface area (Å²) in [6, 6.07) is 3.51. The lowest BCUT2D eigenvalue weighted by Gasteiger charge is -2.27. The van der Waals surface area contributed by atoms with Gasteiger partial charge in [-0.05, 0) is 19.1 Å². The fourth-order valence-corrected chi connectivity index (χ4v) is 2.88. The maximum Gasteiger partial charge on any atom is 0.272 e. The number of carbonyl (C=O) groups excluding carboxylic acids is 2. The van der Waals surface area contributed by atoms with Crippen molar-refractivity contribution < 1.29 is 14.3 Å². The van der Waals surface area contributed by atoms with Crippen LogP contribution in [0.15, 0.2) is 12.1 Å². The highest BCUT2D eigenvalue weighted by atomic mass is 16.5. The first-order valence-corrected chi connectivity index (χ1v) is 8.13. The molecule has 25 heavy (non-hydrogen) atoms. The van der Waals surface area contributed by atoms with E-state index >= 15 is 0 Å². The Morgan fingerprint density at radius 2 is 2.08 bits per heavy atom. The van der Waals surface area contributed by atoms with Gasteiger partial charge in [-0.1, -0.05) is 0 Å². The standard InChI is InChI=1S/C16H22N6O3/c1-11-8-14(20(2)18-11)16(24)21-5-6-22-12(10-21)9-13(19-22)15(23)17-4-7-25-3/h8-9H,4-7,10H2,1-3H3,(H,17,23). The van der Waals surface area contributed by atoms with Crippen molar-refractivity contribution in [3.63, 3.8) is 0 Å². The Morgan fingerprint density at radius 3 is 2.76 bits per heavy atom. The molecule has 0 radical (unpaired) electrons. The van der Waals surface area contributed by atoms with Gasteiger partial charge in [0.15, 0.2) is 5.69 Å². The van der Waals surface area contributed by atoms with Crippen molar-refractivity contribution in [2.24, 2.45) is 7.05 Å². The predicted octanol–water partition coefficient (Wildman–Crippen LogP) is -0.0428. The molecule has 1 N–H and O–H groups in total. The van der Waals surface area contributed by atoms with Gasteiger partial charge < -0.3 is 15.0 Å². The zero-order valence-electron chi connectivity index (χ0n) is 14.7. The third-order valence-corrected chi connectivity index (χ3v) is 4.13. The smallest absolute Gasteiger partial charge is 0.272 e. The quantitative estimate of drug-likeness (QED) is 0.767. The summed E-state index contributed by atoms with van der Waals surface area (Å²) >= 11 is 0. The molecular formula is C16H22N6O3. The van der Waals surface area contributed by atoms with Crippen LogP contribution in [0, 0.1) is 6.92 Å². The van der Waals surface area contributed by atoms with Gasteiger partial charge in [0.1, 0.15) is 5.69 Å². The minimum Gasteiger partial charge on any atom is -0.383 e. The number of amides is 2. The van der Waals surface area contributed by atoms with Gasteiger partial charge in [-0.3, -0.25) is 19.0 Å². The van der Waals surface area contributed by atoms with E-state index in [0.29, 0.717) is 44.2 Å². The molecule has 0 aliphatic carbocycles. The van der Waals surface area contributed by atoms with E-state index < -0.39 is 0 Å². The lowest BCUT2D eigenvalue weighted by molar-refractivity contribution is 0.0694. The van der Waals surface area contributed by atoms with Gasteiger partial charge in [0.2, 0.25) is 0 Å². The summed E-state index contributed by atoms with van der Waals surface area (Å²) in [6.07, 6.45) is 0. The molecule has 0 bridgehead atoms. The van der Waals surface area contributed by atoms with Crippen molar-refractivity contribution >= 4 is 11.8 Å². The lowest BCUT2D eigenvalue weighted by Crippen LogP contribution is -2.39. The minimum absolute atomic E-state index is 0.0679. The molecule has 3 rings (SSSR count). The second kappa shape index (κ2) is 7.06. The SMILES string of the molecule is COCCNC(=O)c1cc2n(n1)CCN(C(=O)c1cc(C)nn1C)C2. The Bertz CT molecular complexity index is 794. The molecule has 0 saturated heterocycles. The van der Waals surface area contributed by atoms with E-state index in [1.807, 2.05) is 6.92 Å². The molecule has 1 aliphatic rings. The van der Waals surface area contributed by atoms with Gasteiger partial charge in [-0.15, -0.1) is 0 Å². The summed E-state index contributed by atoms with van der Waals surface area (Å²) in [4.78, 5) is 26.5. The van der Waals surface area contributed by atoms with Crippen molar-refractivity contribution in [2.75, 3.05) is 26.8 Å². The Labute approximate surface area is 145 Å². The Hall–Kier alpha value is -2.68. The highest BCUT2D eigenvalue weighted by Gasteiger charge is 2.26. The zero-order valence-corrected chi connectivity index (χ0v) is 14.7. The lowest BCUT2D eigenvalue weighted by atomic mass is 10.2. The van der Waals surface area contributed by atoms with Gasteiger partial charge >= 0.3 is 0 Å². The summed E-state index contributed by atoms with van der Waals surface area (Å²) < 4.78 is 8.29. The van der Waals surface area contributed by atoms with Crippen LogP contribution >= 0.6 is 0 Å². The molecule has 2 amide bonds. The van der Waals surface area contributed by atoms with Crippen molar-refractivity contribution in [3.05, 3.63) is 34.9 Å². The topological polar surface area (TPSA) is 94.3 Å². The Kier molecular flexibility index (Phi) is 4.84. The van der Waals surface area contributed by atoms with E-state index in [2.05, 4.69) is 15.5 Å². The molecule has 0 aromatic carbocycles. The molecule has 2 aromatic rings. The van der Waals surface area contributed by atoms with Crippen molar-refractivity contribution in [1.82, 2.24) is 29.8 Å². The second-order valence-corrected chi connectivity index (χ2v) is 6.01. The first-order valence-electron chi connectivity index (χ1n) is 8.13. The summed E-state index contributed by atoms with van der Waals surface area (Å²) in [5, 5.41) is 11.3. The normalized spacial score (nSPS) is 13.6. The van der Waals surface area contributed by atoms with E-state index in [0.717, 1.165) is 11.4 Å². The number of carbonyl (C=O) groups is 2. The number of hydrogen-bond donors (Lipinski definition) is 1. The van der Waals surface area contributed by atoms with Gasteiger partial charge in [0.05, 0.1) is 31.1 Å². The molecule has 0 saturated carbocycles. The average Bonchev–Trinajstić information content (AvgIpc) is 3.16. The van der Waals surface area contributed by atoms with Crippen molar-refractivity contribution in [1.29, 1.82) is 0 Å². The van der Waals surface area contributed by atoms with E-state index in [1.165, 1.54) is 0 Å². The van der Waals surface area contributed by atoms with Crippen LogP contribution in [0.5, 0.6) is 0 Å². The van der Waals surface area contributed by atoms with E-state index in [4.69, 9.17) is 4.74 Å². The van der Waals surface area contributed by atoms with Gasteiger partial charge in [0, 0.05) is 27.2 Å². The Morgan fingerprint density at radius 1 is 1.28 bits per heavy atom. The molecule has 134 valence electrons. The number of fused-ring (bicyclic) bond motifs is 1. The number of nitrogens with one attached hydrogen (secondary N) is 1. The van der Waals surface area contributed by atoms with Crippen molar-refractivity contribution in [2.45, 2.75) is 20.0 Å². The maximum absolute atomic E-state index is 12.7. The largest absolute Gasteiger partial charge is 0.383 e. The van der Waals surface area contributed by atoms with Crippen LogP contribution in [0.1, 0.15) is 32.4 Å². The summed E-state index contributed by atoms with van der Waals surface area (Å²) in [7, 11) is 3.34. The molecule has 0 fully saturated rings. The summed E-state index contributed by atoms with van der Waals surface area (Å²) in [5.41, 5.74) is 2.57. The number of ether oxygens (including phenoxy) is 1. The van der Waals surface area contributed by atoms with E-state index in [-0.39, 0.29) is 11.8 Å². The monoisotopic (exact) mass is 346 g/mol. The third-order valence-electron chi connectivity index (χ3n) is 4.13. The first-order chi connectivity index (χ1) is 12.0. The average molecular weight is 346 g/mol. The number of nitrogens with zero attached hydrogens (tertiary/aromatic N) is 5. The molecular weight excluding hydrogens is 324 g/mol. The van der Waals surface area contributed by atoms with Crippen LogP contribution in [0.4, 0.5) is 0 Å². The highest BCUT2D eigenvalue weighted by molar-refractivity contribution is 5.93. The number of aryl methyl sites for hydroxylation is 2. The molecule has 9 nitrogen and oxygen atoms in total. The van der Waals surface area contributed by atoms with E-state index in [1.54, 1.807) is 40.6 Å². The van der Waals surface area contributed by atoms with Crippen LogP contribution < -0.4 is 5.32 Å². The molecule has 0 spiro atoms. The van der Waals surface area contributed by atoms with Gasteiger partial charge in [0.25, 0.3) is 11.8 Å². The van der Waals surface area contributed by atoms with Gasteiger partial charge in [-0.25, -0.2) is 0 Å². The fourth-order valence-electron chi connectivity index (χ4n) is 2.88. The van der Waals surface area contributed by atoms with Crippen LogP contribution in [-0.4, -0.2) is 63.1 Å². The summed E-state index contributed by atoms with van der Waals surface area (Å²) in [5.74, 6) is -0.305. The fraction of sp³-hybridized carbons (Fsp3) is 0.500. The number of aromatic nitrogens is 4. The second-order valence-electron chi connectivity index (χ2n) is 6.01. The molecule has 2 aromatic heterocycles. The van der Waals surface area contributed by atoms with Crippen LogP contribution in [0.3, 0.4) is 0 Å². The number of methoxy groups -OCH3 is 1. The van der Waals surface area contributed by atoms with Crippen LogP contribution in [0.25, 0.3) is 0 Å². The van der Waals surface area contributed by atoms with Gasteiger partial charge in [-0.2, -0.15) is 10.2 Å². The summed E-state index contributed by atoms with van der Waals surface area (Å²) in [6.45, 7) is 4.26. The Balaban J connectivity index is 1.70. The predicted molar refractivity (Wildman–Crippen MR) is 89.1 cm³/mol. The first kappa shape index (κ1) is 17.2. The number of hydrogen-bond acceptors (Lipinski definition) is 5. The minimum atomic E-state index is -0.237. The molecule has 0 atom stereocenters. The van der Waals surface area contributed by atoms with E-state index in [9.17, 15) is 9.59 Å². The molecule has 3 heterocycles. The van der Waals surface area contributed by atoms with Crippen molar-refractivity contribution in [3.8, 4) is 0 Å². The van der Waals surface area contributed by atoms with Crippen LogP contribution in [0.2, 0.25) is 0 Å². The highest BCUT2D eigenvalue weighted by Crippen LogP contribution is 2.16. The molecule has 9 heteroatoms. The third kappa shape index (κ3) is 3.55. The maximum atomic E-state index is 12.7. The number of rotatable bonds is 5. The molecule has 1 aliphatic heterocycles.